The van der Waals surface area contributed by atoms with Crippen molar-refractivity contribution < 1.29 is 4.74 Å². The van der Waals surface area contributed by atoms with Crippen LogP contribution in [0.15, 0.2) is 36.5 Å². The van der Waals surface area contributed by atoms with Crippen LogP contribution >= 0.6 is 0 Å². The summed E-state index contributed by atoms with van der Waals surface area (Å²) in [6.45, 7) is 12.0. The predicted octanol–water partition coefficient (Wildman–Crippen LogP) is 4.59. The van der Waals surface area contributed by atoms with Gasteiger partial charge in [0.15, 0.2) is 5.65 Å². The molecule has 31 heavy (non-hydrogen) atoms. The third kappa shape index (κ3) is 4.91. The van der Waals surface area contributed by atoms with Gasteiger partial charge in [0.25, 0.3) is 0 Å². The highest BCUT2D eigenvalue weighted by atomic mass is 16.5. The van der Waals surface area contributed by atoms with E-state index in [1.807, 2.05) is 10.7 Å². The van der Waals surface area contributed by atoms with Gasteiger partial charge >= 0.3 is 0 Å². The van der Waals surface area contributed by atoms with Crippen molar-refractivity contribution in [2.75, 3.05) is 44.8 Å². The number of rotatable bonds is 8. The van der Waals surface area contributed by atoms with Crippen molar-refractivity contribution in [3.8, 4) is 11.3 Å². The molecule has 0 spiro atoms. The molecule has 0 amide bonds. The first-order valence-corrected chi connectivity index (χ1v) is 11.6. The van der Waals surface area contributed by atoms with Crippen molar-refractivity contribution in [3.05, 3.63) is 47.7 Å². The number of unbranched alkanes of at least 4 members (excludes halogenated alkanes) is 1. The molecule has 1 fully saturated rings. The summed E-state index contributed by atoms with van der Waals surface area (Å²) in [4.78, 5) is 9.84. The highest BCUT2D eigenvalue weighted by molar-refractivity contribution is 5.69. The number of aromatic nitrogens is 3. The van der Waals surface area contributed by atoms with Crippen LogP contribution in [0.4, 0.5) is 5.82 Å². The van der Waals surface area contributed by atoms with Crippen LogP contribution in [0.25, 0.3) is 16.9 Å². The summed E-state index contributed by atoms with van der Waals surface area (Å²) in [5.41, 5.74) is 5.64. The lowest BCUT2D eigenvalue weighted by Gasteiger charge is -2.29. The number of fused-ring (bicyclic) bond motifs is 1. The molecule has 3 heterocycles. The normalized spacial score (nSPS) is 14.8. The molecule has 0 N–H and O–H groups in total. The Morgan fingerprint density at radius 1 is 1.16 bits per heavy atom. The van der Waals surface area contributed by atoms with Crippen molar-refractivity contribution >= 4 is 11.5 Å². The Kier molecular flexibility index (Phi) is 6.88. The zero-order valence-electron chi connectivity index (χ0n) is 19.3. The first-order valence-electron chi connectivity index (χ1n) is 11.6. The van der Waals surface area contributed by atoms with Crippen LogP contribution in [0, 0.1) is 0 Å². The number of hydrogen-bond donors (Lipinski definition) is 0. The third-order valence-corrected chi connectivity index (χ3v) is 6.01. The Morgan fingerprint density at radius 3 is 2.71 bits per heavy atom. The van der Waals surface area contributed by atoms with Crippen LogP contribution in [-0.2, 0) is 11.3 Å². The first kappa shape index (κ1) is 21.8. The first-order chi connectivity index (χ1) is 15.1. The molecule has 1 saturated heterocycles. The van der Waals surface area contributed by atoms with E-state index in [0.29, 0.717) is 5.92 Å². The number of hydrogen-bond acceptors (Lipinski definition) is 5. The molecule has 1 aliphatic rings. The molecule has 0 bridgehead atoms. The third-order valence-electron chi connectivity index (χ3n) is 6.01. The highest BCUT2D eigenvalue weighted by Gasteiger charge is 2.20. The summed E-state index contributed by atoms with van der Waals surface area (Å²) in [6, 6.07) is 11.0. The van der Waals surface area contributed by atoms with Gasteiger partial charge in [0.1, 0.15) is 5.82 Å². The highest BCUT2D eigenvalue weighted by Crippen LogP contribution is 2.29. The Hall–Kier alpha value is -2.44. The molecular formula is C25H35N5O. The Balaban J connectivity index is 1.73. The van der Waals surface area contributed by atoms with E-state index >= 15 is 0 Å². The van der Waals surface area contributed by atoms with Gasteiger partial charge in [-0.1, -0.05) is 45.4 Å². The molecule has 0 atom stereocenters. The predicted molar refractivity (Wildman–Crippen MR) is 127 cm³/mol. The standard InChI is InChI=1S/C25H35N5O/c1-5-6-10-28(4)18-20-8-7-9-21(15-20)23-16-24(29-11-13-31-14-12-29)30-25(27-23)22(17-26-30)19(2)3/h7-9,15-17,19H,5-6,10-14,18H2,1-4H3. The van der Waals surface area contributed by atoms with E-state index in [-0.39, 0.29) is 0 Å². The van der Waals surface area contributed by atoms with E-state index in [2.05, 4.69) is 68.0 Å². The molecule has 0 unspecified atom stereocenters. The van der Waals surface area contributed by atoms with Crippen molar-refractivity contribution in [3.63, 3.8) is 0 Å². The lowest BCUT2D eigenvalue weighted by Crippen LogP contribution is -2.37. The lowest BCUT2D eigenvalue weighted by molar-refractivity contribution is 0.122. The molecular weight excluding hydrogens is 386 g/mol. The molecule has 4 rings (SSSR count). The summed E-state index contributed by atoms with van der Waals surface area (Å²) in [6.07, 6.45) is 4.43. The maximum Gasteiger partial charge on any atom is 0.161 e. The van der Waals surface area contributed by atoms with Gasteiger partial charge < -0.3 is 14.5 Å². The van der Waals surface area contributed by atoms with Crippen LogP contribution < -0.4 is 4.90 Å². The molecule has 6 nitrogen and oxygen atoms in total. The van der Waals surface area contributed by atoms with Gasteiger partial charge in [-0.05, 0) is 37.6 Å². The van der Waals surface area contributed by atoms with Gasteiger partial charge in [-0.15, -0.1) is 0 Å². The molecule has 0 aliphatic carbocycles. The molecule has 6 heteroatoms. The number of anilines is 1. The summed E-state index contributed by atoms with van der Waals surface area (Å²) in [7, 11) is 2.20. The van der Waals surface area contributed by atoms with Crippen LogP contribution in [0.3, 0.4) is 0 Å². The quantitative estimate of drug-likeness (QED) is 0.532. The molecule has 166 valence electrons. The van der Waals surface area contributed by atoms with Gasteiger partial charge in [-0.2, -0.15) is 9.61 Å². The van der Waals surface area contributed by atoms with Gasteiger partial charge in [-0.3, -0.25) is 0 Å². The molecule has 3 aromatic rings. The average molecular weight is 422 g/mol. The molecule has 0 saturated carbocycles. The minimum atomic E-state index is 0.372. The second-order valence-electron chi connectivity index (χ2n) is 8.88. The topological polar surface area (TPSA) is 45.9 Å². The summed E-state index contributed by atoms with van der Waals surface area (Å²) >= 11 is 0. The van der Waals surface area contributed by atoms with E-state index < -0.39 is 0 Å². The maximum atomic E-state index is 5.58. The Bertz CT molecular complexity index is 1010. The van der Waals surface area contributed by atoms with Crippen molar-refractivity contribution in [2.24, 2.45) is 0 Å². The van der Waals surface area contributed by atoms with E-state index in [1.165, 1.54) is 24.0 Å². The molecule has 1 aromatic carbocycles. The van der Waals surface area contributed by atoms with Crippen LogP contribution in [0.5, 0.6) is 0 Å². The Morgan fingerprint density at radius 2 is 1.97 bits per heavy atom. The van der Waals surface area contributed by atoms with Crippen LogP contribution in [0.2, 0.25) is 0 Å². The van der Waals surface area contributed by atoms with Crippen molar-refractivity contribution in [1.82, 2.24) is 19.5 Å². The van der Waals surface area contributed by atoms with E-state index in [9.17, 15) is 0 Å². The van der Waals surface area contributed by atoms with Crippen molar-refractivity contribution in [2.45, 2.75) is 46.1 Å². The zero-order chi connectivity index (χ0) is 21.8. The number of ether oxygens (including phenoxy) is 1. The van der Waals surface area contributed by atoms with Crippen molar-refractivity contribution in [1.29, 1.82) is 0 Å². The number of morpholine rings is 1. The minimum absolute atomic E-state index is 0.372. The molecule has 1 aliphatic heterocycles. The second-order valence-corrected chi connectivity index (χ2v) is 8.88. The minimum Gasteiger partial charge on any atom is -0.378 e. The SMILES string of the molecule is CCCCN(C)Cc1cccc(-c2cc(N3CCOCC3)n3ncc(C(C)C)c3n2)c1. The fourth-order valence-corrected chi connectivity index (χ4v) is 4.18. The monoisotopic (exact) mass is 421 g/mol. The van der Waals surface area contributed by atoms with Gasteiger partial charge in [0.05, 0.1) is 25.1 Å². The Labute approximate surface area is 185 Å². The van der Waals surface area contributed by atoms with E-state index in [4.69, 9.17) is 14.8 Å². The number of nitrogens with zero attached hydrogens (tertiary/aromatic N) is 5. The fraction of sp³-hybridized carbons (Fsp3) is 0.520. The number of benzene rings is 1. The van der Waals surface area contributed by atoms with Gasteiger partial charge in [0, 0.05) is 36.8 Å². The van der Waals surface area contributed by atoms with Crippen LogP contribution in [-0.4, -0.2) is 59.4 Å². The molecule has 2 aromatic heterocycles. The van der Waals surface area contributed by atoms with Crippen LogP contribution in [0.1, 0.15) is 50.7 Å². The average Bonchev–Trinajstić information content (AvgIpc) is 3.22. The fourth-order valence-electron chi connectivity index (χ4n) is 4.18. The maximum absolute atomic E-state index is 5.58. The molecule has 0 radical (unpaired) electrons. The largest absolute Gasteiger partial charge is 0.378 e. The summed E-state index contributed by atoms with van der Waals surface area (Å²) in [5.74, 6) is 1.47. The lowest BCUT2D eigenvalue weighted by atomic mass is 10.1. The van der Waals surface area contributed by atoms with Gasteiger partial charge in [-0.25, -0.2) is 4.98 Å². The smallest absolute Gasteiger partial charge is 0.161 e. The van der Waals surface area contributed by atoms with E-state index in [0.717, 1.165) is 62.1 Å². The second kappa shape index (κ2) is 9.79. The zero-order valence-corrected chi connectivity index (χ0v) is 19.3. The summed E-state index contributed by atoms with van der Waals surface area (Å²) < 4.78 is 7.59. The summed E-state index contributed by atoms with van der Waals surface area (Å²) in [5, 5.41) is 4.70. The van der Waals surface area contributed by atoms with Gasteiger partial charge in [0.2, 0.25) is 0 Å². The van der Waals surface area contributed by atoms with E-state index in [1.54, 1.807) is 0 Å².